The van der Waals surface area contributed by atoms with Crippen LogP contribution in [-0.4, -0.2) is 31.3 Å². The second-order valence-electron chi connectivity index (χ2n) is 8.47. The van der Waals surface area contributed by atoms with Gasteiger partial charge >= 0.3 is 5.97 Å². The number of carbonyl (C=O) groups is 2. The first-order valence-electron chi connectivity index (χ1n) is 12.3. The Labute approximate surface area is 236 Å². The number of amides is 1. The van der Waals surface area contributed by atoms with Gasteiger partial charge < -0.3 is 14.2 Å². The van der Waals surface area contributed by atoms with Crippen LogP contribution in [0.2, 0.25) is 10.0 Å². The maximum atomic E-state index is 12.8. The minimum Gasteiger partial charge on any atom is -0.494 e. The van der Waals surface area contributed by atoms with E-state index in [0.29, 0.717) is 22.9 Å². The van der Waals surface area contributed by atoms with E-state index in [1.165, 1.54) is 18.3 Å². The van der Waals surface area contributed by atoms with Crippen LogP contribution in [0.5, 0.6) is 17.2 Å². The lowest BCUT2D eigenvalue weighted by molar-refractivity contribution is -0.123. The van der Waals surface area contributed by atoms with Gasteiger partial charge in [-0.15, -0.1) is 0 Å². The second kappa shape index (κ2) is 13.6. The molecule has 0 aliphatic rings. The first-order valence-corrected chi connectivity index (χ1v) is 13.1. The fourth-order valence-electron chi connectivity index (χ4n) is 3.62. The average Bonchev–Trinajstić information content (AvgIpc) is 2.93. The van der Waals surface area contributed by atoms with Crippen LogP contribution in [0.3, 0.4) is 0 Å². The van der Waals surface area contributed by atoms with E-state index in [1.807, 2.05) is 30.3 Å². The predicted molar refractivity (Wildman–Crippen MR) is 153 cm³/mol. The Hall–Kier alpha value is -4.07. The summed E-state index contributed by atoms with van der Waals surface area (Å²) in [4.78, 5) is 25.2. The summed E-state index contributed by atoms with van der Waals surface area (Å²) in [6, 6.07) is 22.6. The average molecular weight is 565 g/mol. The van der Waals surface area contributed by atoms with Crippen molar-refractivity contribution in [1.29, 1.82) is 0 Å². The molecule has 7 nitrogen and oxygen atoms in total. The molecular weight excluding hydrogens is 539 g/mol. The van der Waals surface area contributed by atoms with Crippen molar-refractivity contribution in [2.24, 2.45) is 5.10 Å². The standard InChI is InChI=1S/C30H26Cl2N2O5/c1-2-3-16-37-22-10-12-23(13-11-22)38-19-29(35)34-33-18-26-24-7-5-4-6-20(24)8-15-28(26)39-30(36)25-14-9-21(31)17-27(25)32/h4-15,17-18H,2-3,16,19H2,1H3,(H,34,35). The highest BCUT2D eigenvalue weighted by Gasteiger charge is 2.16. The highest BCUT2D eigenvalue weighted by Crippen LogP contribution is 2.29. The molecule has 0 spiro atoms. The van der Waals surface area contributed by atoms with E-state index >= 15 is 0 Å². The first kappa shape index (κ1) is 28.0. The van der Waals surface area contributed by atoms with Crippen molar-refractivity contribution < 1.29 is 23.8 Å². The van der Waals surface area contributed by atoms with Gasteiger partial charge in [-0.2, -0.15) is 5.10 Å². The number of halogens is 2. The molecular formula is C30H26Cl2N2O5. The van der Waals surface area contributed by atoms with Crippen LogP contribution >= 0.6 is 23.2 Å². The molecule has 1 amide bonds. The molecule has 0 aliphatic carbocycles. The van der Waals surface area contributed by atoms with Gasteiger partial charge in [0.05, 0.1) is 23.4 Å². The first-order chi connectivity index (χ1) is 18.9. The number of nitrogens with one attached hydrogen (secondary N) is 1. The second-order valence-corrected chi connectivity index (χ2v) is 9.31. The number of hydrazone groups is 1. The zero-order chi connectivity index (χ0) is 27.6. The Bertz CT molecular complexity index is 1490. The lowest BCUT2D eigenvalue weighted by atomic mass is 10.0. The van der Waals surface area contributed by atoms with Crippen LogP contribution in [0, 0.1) is 0 Å². The smallest absolute Gasteiger partial charge is 0.345 e. The van der Waals surface area contributed by atoms with Crippen molar-refractivity contribution in [1.82, 2.24) is 5.43 Å². The molecule has 4 aromatic carbocycles. The zero-order valence-corrected chi connectivity index (χ0v) is 22.7. The topological polar surface area (TPSA) is 86.2 Å². The van der Waals surface area contributed by atoms with E-state index in [9.17, 15) is 9.59 Å². The van der Waals surface area contributed by atoms with Gasteiger partial charge in [-0.25, -0.2) is 10.2 Å². The summed E-state index contributed by atoms with van der Waals surface area (Å²) in [6.07, 6.45) is 3.47. The predicted octanol–water partition coefficient (Wildman–Crippen LogP) is 7.07. The summed E-state index contributed by atoms with van der Waals surface area (Å²) in [5.41, 5.74) is 3.12. The van der Waals surface area contributed by atoms with Gasteiger partial charge in [-0.1, -0.05) is 66.9 Å². The van der Waals surface area contributed by atoms with Gasteiger partial charge in [0, 0.05) is 10.6 Å². The van der Waals surface area contributed by atoms with Crippen molar-refractivity contribution in [3.63, 3.8) is 0 Å². The fraction of sp³-hybridized carbons (Fsp3) is 0.167. The largest absolute Gasteiger partial charge is 0.494 e. The van der Waals surface area contributed by atoms with E-state index < -0.39 is 11.9 Å². The normalized spacial score (nSPS) is 10.9. The maximum Gasteiger partial charge on any atom is 0.345 e. The van der Waals surface area contributed by atoms with Crippen molar-refractivity contribution in [2.45, 2.75) is 19.8 Å². The SMILES string of the molecule is CCCCOc1ccc(OCC(=O)NN=Cc2c(OC(=O)c3ccc(Cl)cc3Cl)ccc3ccccc23)cc1. The Morgan fingerprint density at radius 2 is 1.67 bits per heavy atom. The quantitative estimate of drug-likeness (QED) is 0.0691. The van der Waals surface area contributed by atoms with Crippen molar-refractivity contribution in [3.05, 3.63) is 100 Å². The summed E-state index contributed by atoms with van der Waals surface area (Å²) in [5.74, 6) is 0.415. The number of unbranched alkanes of at least 4 members (excludes halogenated alkanes) is 1. The number of hydrogen-bond donors (Lipinski definition) is 1. The summed E-state index contributed by atoms with van der Waals surface area (Å²) >= 11 is 12.1. The van der Waals surface area contributed by atoms with E-state index in [-0.39, 0.29) is 22.9 Å². The van der Waals surface area contributed by atoms with Crippen LogP contribution in [0.25, 0.3) is 10.8 Å². The van der Waals surface area contributed by atoms with Gasteiger partial charge in [0.15, 0.2) is 6.61 Å². The summed E-state index contributed by atoms with van der Waals surface area (Å²) in [7, 11) is 0. The van der Waals surface area contributed by atoms with Crippen LogP contribution < -0.4 is 19.6 Å². The molecule has 4 rings (SSSR count). The van der Waals surface area contributed by atoms with E-state index in [4.69, 9.17) is 37.4 Å². The highest BCUT2D eigenvalue weighted by atomic mass is 35.5. The molecule has 0 saturated heterocycles. The maximum absolute atomic E-state index is 12.8. The molecule has 0 heterocycles. The molecule has 9 heteroatoms. The fourth-order valence-corrected chi connectivity index (χ4v) is 4.11. The Balaban J connectivity index is 1.42. The summed E-state index contributed by atoms with van der Waals surface area (Å²) in [5, 5.41) is 6.33. The summed E-state index contributed by atoms with van der Waals surface area (Å²) < 4.78 is 16.8. The molecule has 39 heavy (non-hydrogen) atoms. The Morgan fingerprint density at radius 1 is 0.923 bits per heavy atom. The van der Waals surface area contributed by atoms with Crippen molar-refractivity contribution in [2.75, 3.05) is 13.2 Å². The number of esters is 1. The number of benzene rings is 4. The molecule has 200 valence electrons. The van der Waals surface area contributed by atoms with E-state index in [1.54, 1.807) is 36.4 Å². The lowest BCUT2D eigenvalue weighted by Gasteiger charge is -2.11. The van der Waals surface area contributed by atoms with E-state index in [0.717, 1.165) is 29.4 Å². The molecule has 0 saturated carbocycles. The van der Waals surface area contributed by atoms with Gasteiger partial charge in [0.25, 0.3) is 5.91 Å². The Kier molecular flexibility index (Phi) is 9.78. The molecule has 1 N–H and O–H groups in total. The molecule has 0 aromatic heterocycles. The minimum absolute atomic E-state index is 0.170. The minimum atomic E-state index is -0.652. The number of rotatable bonds is 11. The molecule has 0 unspecified atom stereocenters. The van der Waals surface area contributed by atoms with Crippen molar-refractivity contribution >= 4 is 52.1 Å². The van der Waals surface area contributed by atoms with Crippen molar-refractivity contribution in [3.8, 4) is 17.2 Å². The van der Waals surface area contributed by atoms with Crippen LogP contribution in [0.15, 0.2) is 84.0 Å². The number of hydrogen-bond acceptors (Lipinski definition) is 6. The molecule has 0 fully saturated rings. The van der Waals surface area contributed by atoms with Crippen LogP contribution in [0.1, 0.15) is 35.7 Å². The van der Waals surface area contributed by atoms with Crippen LogP contribution in [0.4, 0.5) is 0 Å². The third kappa shape index (κ3) is 7.72. The number of carbonyl (C=O) groups excluding carboxylic acids is 2. The molecule has 0 bridgehead atoms. The van der Waals surface area contributed by atoms with Crippen LogP contribution in [-0.2, 0) is 4.79 Å². The van der Waals surface area contributed by atoms with Gasteiger partial charge in [-0.3, -0.25) is 4.79 Å². The highest BCUT2D eigenvalue weighted by molar-refractivity contribution is 6.36. The molecule has 0 radical (unpaired) electrons. The number of nitrogens with zero attached hydrogens (tertiary/aromatic N) is 1. The van der Waals surface area contributed by atoms with Gasteiger partial charge in [0.1, 0.15) is 17.2 Å². The molecule has 0 aliphatic heterocycles. The van der Waals surface area contributed by atoms with Gasteiger partial charge in [-0.05, 0) is 65.7 Å². The zero-order valence-electron chi connectivity index (χ0n) is 21.2. The molecule has 0 atom stereocenters. The number of fused-ring (bicyclic) bond motifs is 1. The van der Waals surface area contributed by atoms with E-state index in [2.05, 4.69) is 17.5 Å². The monoisotopic (exact) mass is 564 g/mol. The third-order valence-electron chi connectivity index (χ3n) is 5.63. The summed E-state index contributed by atoms with van der Waals surface area (Å²) in [6.45, 7) is 2.52. The third-order valence-corrected chi connectivity index (χ3v) is 6.18. The number of ether oxygens (including phenoxy) is 3. The van der Waals surface area contributed by atoms with Gasteiger partial charge in [0.2, 0.25) is 0 Å². The Morgan fingerprint density at radius 3 is 2.41 bits per heavy atom. The molecule has 4 aromatic rings. The lowest BCUT2D eigenvalue weighted by Crippen LogP contribution is -2.24.